The molecule has 41 heavy (non-hydrogen) atoms. The van der Waals surface area contributed by atoms with Crippen LogP contribution in [0.15, 0.2) is 41.3 Å². The molecule has 4 rings (SSSR count). The largest absolute Gasteiger partial charge is 0.380 e. The van der Waals surface area contributed by atoms with Gasteiger partial charge < -0.3 is 26.0 Å². The van der Waals surface area contributed by atoms with Crippen molar-refractivity contribution in [3.63, 3.8) is 0 Å². The fourth-order valence-corrected chi connectivity index (χ4v) is 5.61. The van der Waals surface area contributed by atoms with E-state index in [0.29, 0.717) is 37.9 Å². The standard InChI is InChI=1S/C29H44N8O4/c1-5-34(22-10-11-23(30)24(18-22)41-4)19-20-6-8-21(9-7-20)37-13-12-25(33-28(37)40)32-27(39)36-16-14-35(15-17-36)26(38)29(2,3)31/h6-9,12-13,22-24H,5,10-11,14-19,30-31H2,1-4H3,(H,32,33,39,40). The van der Waals surface area contributed by atoms with Gasteiger partial charge in [-0.25, -0.2) is 9.59 Å². The van der Waals surface area contributed by atoms with Crippen LogP contribution in [0.1, 0.15) is 45.6 Å². The van der Waals surface area contributed by atoms with Crippen molar-refractivity contribution in [1.29, 1.82) is 0 Å². The maximum Gasteiger partial charge on any atom is 0.354 e. The van der Waals surface area contributed by atoms with E-state index in [4.69, 9.17) is 16.2 Å². The molecule has 12 nitrogen and oxygen atoms in total. The summed E-state index contributed by atoms with van der Waals surface area (Å²) in [4.78, 5) is 47.7. The first-order valence-electron chi connectivity index (χ1n) is 14.4. The van der Waals surface area contributed by atoms with E-state index in [0.717, 1.165) is 37.9 Å². The van der Waals surface area contributed by atoms with Gasteiger partial charge in [0.2, 0.25) is 5.91 Å². The third-order valence-electron chi connectivity index (χ3n) is 8.08. The highest BCUT2D eigenvalue weighted by molar-refractivity contribution is 5.89. The summed E-state index contributed by atoms with van der Waals surface area (Å²) in [5, 5.41) is 2.70. The zero-order valence-corrected chi connectivity index (χ0v) is 24.6. The van der Waals surface area contributed by atoms with Gasteiger partial charge in [0.05, 0.1) is 17.3 Å². The molecule has 1 aliphatic heterocycles. The fourth-order valence-electron chi connectivity index (χ4n) is 5.61. The highest BCUT2D eigenvalue weighted by atomic mass is 16.5. The van der Waals surface area contributed by atoms with E-state index in [1.165, 1.54) is 4.57 Å². The van der Waals surface area contributed by atoms with Crippen molar-refractivity contribution in [2.45, 2.75) is 70.3 Å². The molecule has 1 saturated carbocycles. The lowest BCUT2D eigenvalue weighted by molar-refractivity contribution is -0.137. The van der Waals surface area contributed by atoms with Gasteiger partial charge in [0, 0.05) is 58.1 Å². The quantitative estimate of drug-likeness (QED) is 0.432. The summed E-state index contributed by atoms with van der Waals surface area (Å²) in [5.41, 5.74) is 12.5. The summed E-state index contributed by atoms with van der Waals surface area (Å²) in [5.74, 6) is 0.0304. The van der Waals surface area contributed by atoms with Crippen LogP contribution in [0, 0.1) is 0 Å². The molecule has 0 spiro atoms. The van der Waals surface area contributed by atoms with Gasteiger partial charge in [-0.3, -0.25) is 19.6 Å². The van der Waals surface area contributed by atoms with Gasteiger partial charge in [-0.2, -0.15) is 4.98 Å². The number of nitrogens with one attached hydrogen (secondary N) is 1. The Hall–Kier alpha value is -3.32. The van der Waals surface area contributed by atoms with Crippen molar-refractivity contribution in [3.05, 3.63) is 52.6 Å². The van der Waals surface area contributed by atoms with Crippen LogP contribution in [-0.2, 0) is 16.1 Å². The van der Waals surface area contributed by atoms with Gasteiger partial charge in [0.25, 0.3) is 0 Å². The molecule has 224 valence electrons. The molecule has 3 amide bonds. The molecule has 1 aromatic carbocycles. The number of aromatic nitrogens is 2. The first kappa shape index (κ1) is 30.6. The third kappa shape index (κ3) is 7.50. The molecular formula is C29H44N8O4. The number of urea groups is 1. The molecule has 5 N–H and O–H groups in total. The fraction of sp³-hybridized carbons (Fsp3) is 0.586. The number of piperazine rings is 1. The lowest BCUT2D eigenvalue weighted by Crippen LogP contribution is -2.58. The average Bonchev–Trinajstić information content (AvgIpc) is 2.96. The average molecular weight is 569 g/mol. The van der Waals surface area contributed by atoms with Gasteiger partial charge in [-0.15, -0.1) is 0 Å². The van der Waals surface area contributed by atoms with E-state index in [1.54, 1.807) is 43.0 Å². The molecule has 1 aromatic heterocycles. The van der Waals surface area contributed by atoms with Crippen LogP contribution in [0.25, 0.3) is 5.69 Å². The Morgan fingerprint density at radius 1 is 1.10 bits per heavy atom. The number of carbonyl (C=O) groups excluding carboxylic acids is 2. The Morgan fingerprint density at radius 2 is 1.76 bits per heavy atom. The highest BCUT2D eigenvalue weighted by Gasteiger charge is 2.32. The monoisotopic (exact) mass is 568 g/mol. The second kappa shape index (κ2) is 13.1. The minimum absolute atomic E-state index is 0.0853. The van der Waals surface area contributed by atoms with E-state index in [-0.39, 0.29) is 29.9 Å². The number of nitrogens with zero attached hydrogens (tertiary/aromatic N) is 5. The summed E-state index contributed by atoms with van der Waals surface area (Å²) in [6, 6.07) is 9.61. The number of amides is 3. The Morgan fingerprint density at radius 3 is 2.34 bits per heavy atom. The Bertz CT molecular complexity index is 1250. The SMILES string of the molecule is CCN(Cc1ccc(-n2ccc(NC(=O)N3CCN(C(=O)C(C)(C)N)CC3)nc2=O)cc1)C1CCC(N)C(OC)C1. The number of nitrogens with two attached hydrogens (primary N) is 2. The molecule has 2 aliphatic rings. The predicted molar refractivity (Wildman–Crippen MR) is 158 cm³/mol. The van der Waals surface area contributed by atoms with Crippen LogP contribution in [-0.4, -0.2) is 99.7 Å². The van der Waals surface area contributed by atoms with E-state index >= 15 is 0 Å². The predicted octanol–water partition coefficient (Wildman–Crippen LogP) is 1.36. The molecule has 3 unspecified atom stereocenters. The molecule has 2 heterocycles. The van der Waals surface area contributed by atoms with Crippen molar-refractivity contribution in [3.8, 4) is 5.69 Å². The number of hydrogen-bond acceptors (Lipinski definition) is 8. The number of ether oxygens (including phenoxy) is 1. The first-order chi connectivity index (χ1) is 19.5. The lowest BCUT2D eigenvalue weighted by Gasteiger charge is -2.39. The summed E-state index contributed by atoms with van der Waals surface area (Å²) in [7, 11) is 1.73. The lowest BCUT2D eigenvalue weighted by atomic mass is 9.88. The zero-order chi connectivity index (χ0) is 29.7. The van der Waals surface area contributed by atoms with Crippen LogP contribution in [0.5, 0.6) is 0 Å². The maximum absolute atomic E-state index is 12.8. The molecular weight excluding hydrogens is 524 g/mol. The second-order valence-electron chi connectivity index (χ2n) is 11.5. The minimum Gasteiger partial charge on any atom is -0.380 e. The molecule has 0 bridgehead atoms. The van der Waals surface area contributed by atoms with Crippen LogP contribution in [0.2, 0.25) is 0 Å². The normalized spacial score (nSPS) is 21.7. The number of hydrogen-bond donors (Lipinski definition) is 3. The maximum atomic E-state index is 12.8. The molecule has 2 fully saturated rings. The second-order valence-corrected chi connectivity index (χ2v) is 11.5. The molecule has 3 atom stereocenters. The summed E-state index contributed by atoms with van der Waals surface area (Å²) in [6.45, 7) is 8.77. The zero-order valence-electron chi connectivity index (χ0n) is 24.6. The smallest absolute Gasteiger partial charge is 0.354 e. The van der Waals surface area contributed by atoms with Crippen LogP contribution in [0.3, 0.4) is 0 Å². The summed E-state index contributed by atoms with van der Waals surface area (Å²) >= 11 is 0. The Labute approximate surface area is 241 Å². The van der Waals surface area contributed by atoms with Crippen LogP contribution in [0.4, 0.5) is 10.6 Å². The number of rotatable bonds is 8. The molecule has 2 aromatic rings. The number of benzene rings is 1. The van der Waals surface area contributed by atoms with Crippen molar-refractivity contribution in [1.82, 2.24) is 24.3 Å². The van der Waals surface area contributed by atoms with Crippen molar-refractivity contribution < 1.29 is 14.3 Å². The van der Waals surface area contributed by atoms with E-state index in [1.807, 2.05) is 24.3 Å². The molecule has 1 saturated heterocycles. The van der Waals surface area contributed by atoms with E-state index in [9.17, 15) is 14.4 Å². The number of anilines is 1. The van der Waals surface area contributed by atoms with Gasteiger partial charge in [-0.1, -0.05) is 19.1 Å². The van der Waals surface area contributed by atoms with Crippen LogP contribution < -0.4 is 22.5 Å². The molecule has 0 radical (unpaired) electrons. The van der Waals surface area contributed by atoms with Crippen molar-refractivity contribution in [2.75, 3.05) is 45.2 Å². The number of methoxy groups -OCH3 is 1. The third-order valence-corrected chi connectivity index (χ3v) is 8.08. The Kier molecular flexibility index (Phi) is 9.80. The minimum atomic E-state index is -0.952. The first-order valence-corrected chi connectivity index (χ1v) is 14.4. The van der Waals surface area contributed by atoms with E-state index < -0.39 is 11.2 Å². The molecule has 1 aliphatic carbocycles. The Balaban J connectivity index is 1.33. The summed E-state index contributed by atoms with van der Waals surface area (Å²) in [6.07, 6.45) is 4.63. The van der Waals surface area contributed by atoms with Gasteiger partial charge >= 0.3 is 11.7 Å². The van der Waals surface area contributed by atoms with E-state index in [2.05, 4.69) is 22.1 Å². The molecule has 12 heteroatoms. The van der Waals surface area contributed by atoms with Gasteiger partial charge in [0.1, 0.15) is 5.82 Å². The summed E-state index contributed by atoms with van der Waals surface area (Å²) < 4.78 is 7.05. The number of carbonyl (C=O) groups is 2. The van der Waals surface area contributed by atoms with Crippen molar-refractivity contribution in [2.24, 2.45) is 11.5 Å². The van der Waals surface area contributed by atoms with Gasteiger partial charge in [0.15, 0.2) is 0 Å². The highest BCUT2D eigenvalue weighted by Crippen LogP contribution is 2.26. The van der Waals surface area contributed by atoms with Crippen LogP contribution >= 0.6 is 0 Å². The van der Waals surface area contributed by atoms with Gasteiger partial charge in [-0.05, 0) is 63.4 Å². The van der Waals surface area contributed by atoms with Crippen molar-refractivity contribution >= 4 is 17.8 Å². The topological polar surface area (TPSA) is 152 Å².